The molecule has 2 aliphatic rings. The van der Waals surface area contributed by atoms with Gasteiger partial charge in [0.15, 0.2) is 5.82 Å². The number of carbonyl (C=O) groups is 1. The molecular formula is C21H28N4OS. The summed E-state index contributed by atoms with van der Waals surface area (Å²) in [5.74, 6) is 1.71. The van der Waals surface area contributed by atoms with Crippen molar-refractivity contribution in [3.8, 4) is 10.7 Å². The lowest BCUT2D eigenvalue weighted by molar-refractivity contribution is -0.128. The third-order valence-corrected chi connectivity index (χ3v) is 6.63. The summed E-state index contributed by atoms with van der Waals surface area (Å²) in [5.41, 5.74) is 1.37. The molecule has 2 fully saturated rings. The van der Waals surface area contributed by atoms with Gasteiger partial charge in [-0.05, 0) is 48.7 Å². The fourth-order valence-electron chi connectivity index (χ4n) is 4.34. The van der Waals surface area contributed by atoms with Crippen molar-refractivity contribution < 1.29 is 4.79 Å². The van der Waals surface area contributed by atoms with Crippen molar-refractivity contribution in [2.75, 3.05) is 26.2 Å². The highest BCUT2D eigenvalue weighted by atomic mass is 32.1. The Hall–Kier alpha value is -1.79. The van der Waals surface area contributed by atoms with Gasteiger partial charge in [0.25, 0.3) is 0 Å². The maximum absolute atomic E-state index is 12.4. The van der Waals surface area contributed by atoms with E-state index in [1.54, 1.807) is 11.3 Å². The average molecular weight is 385 g/mol. The van der Waals surface area contributed by atoms with Gasteiger partial charge < -0.3 is 4.90 Å². The Balaban J connectivity index is 1.31. The van der Waals surface area contributed by atoms with Crippen molar-refractivity contribution in [3.05, 3.63) is 35.5 Å². The minimum atomic E-state index is 0.210. The van der Waals surface area contributed by atoms with Gasteiger partial charge >= 0.3 is 0 Å². The van der Waals surface area contributed by atoms with Crippen LogP contribution in [0.25, 0.3) is 10.7 Å². The molecule has 27 heavy (non-hydrogen) atoms. The summed E-state index contributed by atoms with van der Waals surface area (Å²) >= 11 is 1.67. The van der Waals surface area contributed by atoms with Crippen LogP contribution in [0.3, 0.4) is 0 Å². The van der Waals surface area contributed by atoms with Gasteiger partial charge in [0, 0.05) is 44.0 Å². The van der Waals surface area contributed by atoms with E-state index in [0.29, 0.717) is 11.8 Å². The molecule has 0 aliphatic carbocycles. The van der Waals surface area contributed by atoms with Crippen molar-refractivity contribution in [1.29, 1.82) is 0 Å². The molecule has 5 nitrogen and oxygen atoms in total. The first-order chi connectivity index (χ1) is 13.0. The Bertz CT molecular complexity index is 764. The van der Waals surface area contributed by atoms with Gasteiger partial charge in [0.1, 0.15) is 0 Å². The molecule has 0 aromatic carbocycles. The predicted molar refractivity (Wildman–Crippen MR) is 108 cm³/mol. The van der Waals surface area contributed by atoms with Crippen LogP contribution in [0.5, 0.6) is 0 Å². The first kappa shape index (κ1) is 18.6. The van der Waals surface area contributed by atoms with Crippen LogP contribution in [0, 0.1) is 11.3 Å². The van der Waals surface area contributed by atoms with E-state index in [1.165, 1.54) is 0 Å². The van der Waals surface area contributed by atoms with E-state index in [2.05, 4.69) is 39.7 Å². The van der Waals surface area contributed by atoms with Crippen LogP contribution in [0.1, 0.15) is 38.7 Å². The molecule has 1 spiro atoms. The lowest BCUT2D eigenvalue weighted by Crippen LogP contribution is -2.41. The van der Waals surface area contributed by atoms with Gasteiger partial charge in [-0.1, -0.05) is 19.9 Å². The van der Waals surface area contributed by atoms with Crippen LogP contribution in [-0.2, 0) is 11.3 Å². The highest BCUT2D eigenvalue weighted by molar-refractivity contribution is 7.13. The minimum Gasteiger partial charge on any atom is -0.342 e. The summed E-state index contributed by atoms with van der Waals surface area (Å²) in [7, 11) is 0. The molecular weight excluding hydrogens is 356 g/mol. The van der Waals surface area contributed by atoms with Gasteiger partial charge in [-0.2, -0.15) is 0 Å². The van der Waals surface area contributed by atoms with Gasteiger partial charge in [0.05, 0.1) is 4.88 Å². The maximum atomic E-state index is 12.4. The second kappa shape index (κ2) is 7.68. The number of nitrogens with zero attached hydrogens (tertiary/aromatic N) is 4. The van der Waals surface area contributed by atoms with Gasteiger partial charge in [0.2, 0.25) is 5.91 Å². The minimum absolute atomic E-state index is 0.210. The molecule has 0 radical (unpaired) electrons. The summed E-state index contributed by atoms with van der Waals surface area (Å²) in [4.78, 5) is 27.1. The maximum Gasteiger partial charge on any atom is 0.223 e. The first-order valence-corrected chi connectivity index (χ1v) is 10.8. The molecule has 0 saturated carbocycles. The summed E-state index contributed by atoms with van der Waals surface area (Å²) < 4.78 is 0. The topological polar surface area (TPSA) is 49.3 Å². The number of hydrogen-bond acceptors (Lipinski definition) is 5. The zero-order valence-corrected chi connectivity index (χ0v) is 17.0. The molecule has 144 valence electrons. The highest BCUT2D eigenvalue weighted by Gasteiger charge is 2.44. The first-order valence-electron chi connectivity index (χ1n) is 9.88. The largest absolute Gasteiger partial charge is 0.342 e. The number of rotatable bonds is 5. The molecule has 2 aromatic rings. The van der Waals surface area contributed by atoms with Crippen molar-refractivity contribution in [3.63, 3.8) is 0 Å². The average Bonchev–Trinajstić information content (AvgIpc) is 3.27. The van der Waals surface area contributed by atoms with E-state index in [-0.39, 0.29) is 5.41 Å². The third-order valence-electron chi connectivity index (χ3n) is 5.76. The SMILES string of the molecule is CC(C)CN1CC2(CCN(Cc3cnc(-c4cccs4)nc3)CC2)CC1=O. The molecule has 1 amide bonds. The summed E-state index contributed by atoms with van der Waals surface area (Å²) in [5, 5.41) is 2.05. The van der Waals surface area contributed by atoms with Gasteiger partial charge in [-0.3, -0.25) is 9.69 Å². The number of hydrogen-bond donors (Lipinski definition) is 0. The lowest BCUT2D eigenvalue weighted by Gasteiger charge is -2.38. The predicted octanol–water partition coefficient (Wildman–Crippen LogP) is 3.68. The van der Waals surface area contributed by atoms with E-state index in [4.69, 9.17) is 0 Å². The van der Waals surface area contributed by atoms with Crippen LogP contribution in [0.15, 0.2) is 29.9 Å². The Morgan fingerprint density at radius 3 is 2.59 bits per heavy atom. The molecule has 2 aliphatic heterocycles. The highest BCUT2D eigenvalue weighted by Crippen LogP contribution is 2.41. The van der Waals surface area contributed by atoms with Crippen LogP contribution >= 0.6 is 11.3 Å². The van der Waals surface area contributed by atoms with Gasteiger partial charge in [-0.25, -0.2) is 9.97 Å². The fourth-order valence-corrected chi connectivity index (χ4v) is 5.01. The number of carbonyl (C=O) groups excluding carboxylic acids is 1. The van der Waals surface area contributed by atoms with Crippen LogP contribution in [-0.4, -0.2) is 51.9 Å². The fraction of sp³-hybridized carbons (Fsp3) is 0.571. The van der Waals surface area contributed by atoms with Crippen LogP contribution in [0.4, 0.5) is 0 Å². The summed E-state index contributed by atoms with van der Waals surface area (Å²) in [6, 6.07) is 4.08. The summed E-state index contributed by atoms with van der Waals surface area (Å²) in [6.45, 7) is 9.23. The van der Waals surface area contributed by atoms with E-state index >= 15 is 0 Å². The third kappa shape index (κ3) is 4.22. The Labute approximate surface area is 165 Å². The molecule has 4 rings (SSSR count). The van der Waals surface area contributed by atoms with E-state index < -0.39 is 0 Å². The number of likely N-dealkylation sites (tertiary alicyclic amines) is 2. The molecule has 6 heteroatoms. The monoisotopic (exact) mass is 384 g/mol. The lowest BCUT2D eigenvalue weighted by atomic mass is 9.77. The second-order valence-corrected chi connectivity index (χ2v) is 9.46. The molecule has 2 saturated heterocycles. The number of thiophene rings is 1. The van der Waals surface area contributed by atoms with Crippen LogP contribution < -0.4 is 0 Å². The standard InChI is InChI=1S/C21H28N4OS/c1-16(2)13-25-15-21(10-19(25)26)5-7-24(8-6-21)14-17-11-22-20(23-12-17)18-4-3-9-27-18/h3-4,9,11-12,16H,5-8,10,13-15H2,1-2H3. The van der Waals surface area contributed by atoms with Crippen molar-refractivity contribution in [2.45, 2.75) is 39.7 Å². The second-order valence-electron chi connectivity index (χ2n) is 8.51. The molecule has 0 bridgehead atoms. The van der Waals surface area contributed by atoms with Crippen molar-refractivity contribution in [2.24, 2.45) is 11.3 Å². The van der Waals surface area contributed by atoms with Crippen LogP contribution in [0.2, 0.25) is 0 Å². The number of piperidine rings is 1. The Morgan fingerprint density at radius 1 is 1.22 bits per heavy atom. The Morgan fingerprint density at radius 2 is 1.96 bits per heavy atom. The molecule has 4 heterocycles. The van der Waals surface area contributed by atoms with E-state index in [9.17, 15) is 4.79 Å². The molecule has 0 unspecified atom stereocenters. The van der Waals surface area contributed by atoms with Crippen molar-refractivity contribution in [1.82, 2.24) is 19.8 Å². The quantitative estimate of drug-likeness (QED) is 0.789. The number of aromatic nitrogens is 2. The van der Waals surface area contributed by atoms with E-state index in [0.717, 1.165) is 68.3 Å². The van der Waals surface area contributed by atoms with Gasteiger partial charge in [-0.15, -0.1) is 11.3 Å². The number of amides is 1. The smallest absolute Gasteiger partial charge is 0.223 e. The molecule has 0 N–H and O–H groups in total. The molecule has 2 aromatic heterocycles. The van der Waals surface area contributed by atoms with E-state index in [1.807, 2.05) is 23.8 Å². The zero-order valence-electron chi connectivity index (χ0n) is 16.2. The zero-order chi connectivity index (χ0) is 18.9. The van der Waals surface area contributed by atoms with Crippen molar-refractivity contribution >= 4 is 17.2 Å². The molecule has 0 atom stereocenters. The summed E-state index contributed by atoms with van der Waals surface area (Å²) in [6.07, 6.45) is 6.88. The Kier molecular flexibility index (Phi) is 5.28. The normalized spacial score (nSPS) is 20.1.